The van der Waals surface area contributed by atoms with Gasteiger partial charge in [-0.1, -0.05) is 19.8 Å². The van der Waals surface area contributed by atoms with Crippen molar-refractivity contribution in [3.05, 3.63) is 23.8 Å². The Morgan fingerprint density at radius 3 is 2.50 bits per heavy atom. The van der Waals surface area contributed by atoms with Gasteiger partial charge in [0.15, 0.2) is 5.69 Å². The molecule has 0 spiro atoms. The van der Waals surface area contributed by atoms with Crippen molar-refractivity contribution in [2.45, 2.75) is 45.1 Å². The number of aromatic nitrogens is 2. The summed E-state index contributed by atoms with van der Waals surface area (Å²) in [6.07, 6.45) is 7.72. The average Bonchev–Trinajstić information content (AvgIpc) is 2.64. The van der Waals surface area contributed by atoms with Gasteiger partial charge in [-0.2, -0.15) is 0 Å². The van der Waals surface area contributed by atoms with E-state index in [0.29, 0.717) is 5.92 Å². The summed E-state index contributed by atoms with van der Waals surface area (Å²) in [7, 11) is 0. The summed E-state index contributed by atoms with van der Waals surface area (Å²) >= 11 is 0. The Balaban J connectivity index is 1.95. The number of hydrogen-bond acceptors (Lipinski definition) is 4. The van der Waals surface area contributed by atoms with Crippen LogP contribution in [0.15, 0.2) is 12.4 Å². The number of carboxylic acids is 1. The number of amides is 1. The van der Waals surface area contributed by atoms with Gasteiger partial charge in [0.25, 0.3) is 5.91 Å². The van der Waals surface area contributed by atoms with E-state index in [-0.39, 0.29) is 23.3 Å². The first-order chi connectivity index (χ1) is 9.56. The lowest BCUT2D eigenvalue weighted by molar-refractivity contribution is 0.0689. The van der Waals surface area contributed by atoms with Crippen LogP contribution >= 0.6 is 0 Å². The fourth-order valence-electron chi connectivity index (χ4n) is 2.45. The highest BCUT2D eigenvalue weighted by molar-refractivity contribution is 5.92. The molecule has 6 heteroatoms. The molecule has 1 aliphatic rings. The monoisotopic (exact) mass is 277 g/mol. The molecule has 1 aliphatic carbocycles. The zero-order valence-electron chi connectivity index (χ0n) is 11.5. The topological polar surface area (TPSA) is 92.2 Å². The number of carbonyl (C=O) groups excluding carboxylic acids is 1. The zero-order valence-corrected chi connectivity index (χ0v) is 11.5. The van der Waals surface area contributed by atoms with Gasteiger partial charge in [0.1, 0.15) is 5.69 Å². The van der Waals surface area contributed by atoms with E-state index in [0.717, 1.165) is 31.9 Å². The maximum atomic E-state index is 12.0. The Kier molecular flexibility index (Phi) is 4.65. The SMILES string of the molecule is CC1CCCC(NC(=O)c2cnc(C(=O)O)cn2)CC1. The largest absolute Gasteiger partial charge is 0.476 e. The summed E-state index contributed by atoms with van der Waals surface area (Å²) in [6, 6.07) is 0.174. The van der Waals surface area contributed by atoms with Crippen LogP contribution in [0.5, 0.6) is 0 Å². The molecule has 1 fully saturated rings. The maximum absolute atomic E-state index is 12.0. The van der Waals surface area contributed by atoms with Crippen molar-refractivity contribution in [2.75, 3.05) is 0 Å². The number of aromatic carboxylic acids is 1. The van der Waals surface area contributed by atoms with Gasteiger partial charge < -0.3 is 10.4 Å². The molecule has 6 nitrogen and oxygen atoms in total. The van der Waals surface area contributed by atoms with Crippen molar-refractivity contribution in [2.24, 2.45) is 5.92 Å². The van der Waals surface area contributed by atoms with Gasteiger partial charge in [-0.05, 0) is 25.2 Å². The molecule has 1 heterocycles. The van der Waals surface area contributed by atoms with Gasteiger partial charge in [-0.15, -0.1) is 0 Å². The van der Waals surface area contributed by atoms with Crippen molar-refractivity contribution >= 4 is 11.9 Å². The highest BCUT2D eigenvalue weighted by Gasteiger charge is 2.19. The van der Waals surface area contributed by atoms with Gasteiger partial charge in [0.2, 0.25) is 0 Å². The van der Waals surface area contributed by atoms with Crippen LogP contribution in [0.3, 0.4) is 0 Å². The van der Waals surface area contributed by atoms with Crippen molar-refractivity contribution < 1.29 is 14.7 Å². The molecule has 20 heavy (non-hydrogen) atoms. The van der Waals surface area contributed by atoms with Crippen molar-refractivity contribution in [3.8, 4) is 0 Å². The number of nitrogens with one attached hydrogen (secondary N) is 1. The van der Waals surface area contributed by atoms with E-state index in [1.165, 1.54) is 12.6 Å². The van der Waals surface area contributed by atoms with Crippen LogP contribution in [-0.4, -0.2) is 33.0 Å². The smallest absolute Gasteiger partial charge is 0.356 e. The lowest BCUT2D eigenvalue weighted by atomic mass is 10.0. The predicted molar refractivity (Wildman–Crippen MR) is 72.5 cm³/mol. The number of nitrogens with zero attached hydrogens (tertiary/aromatic N) is 2. The highest BCUT2D eigenvalue weighted by atomic mass is 16.4. The zero-order chi connectivity index (χ0) is 14.5. The van der Waals surface area contributed by atoms with Gasteiger partial charge in [-0.25, -0.2) is 14.8 Å². The summed E-state index contributed by atoms with van der Waals surface area (Å²) in [5.41, 5.74) is -0.00265. The van der Waals surface area contributed by atoms with E-state index in [4.69, 9.17) is 5.11 Å². The van der Waals surface area contributed by atoms with Crippen LogP contribution in [0.1, 0.15) is 60.0 Å². The Bertz CT molecular complexity index is 487. The Morgan fingerprint density at radius 2 is 1.85 bits per heavy atom. The van der Waals surface area contributed by atoms with E-state index in [1.54, 1.807) is 0 Å². The maximum Gasteiger partial charge on any atom is 0.356 e. The third kappa shape index (κ3) is 3.76. The van der Waals surface area contributed by atoms with Crippen LogP contribution in [0.2, 0.25) is 0 Å². The Hall–Kier alpha value is -1.98. The van der Waals surface area contributed by atoms with Crippen LogP contribution in [0.4, 0.5) is 0 Å². The first-order valence-corrected chi connectivity index (χ1v) is 6.92. The molecule has 0 saturated heterocycles. The van der Waals surface area contributed by atoms with Crippen molar-refractivity contribution in [3.63, 3.8) is 0 Å². The molecule has 108 valence electrons. The molecule has 2 rings (SSSR count). The third-order valence-corrected chi connectivity index (χ3v) is 3.70. The van der Waals surface area contributed by atoms with Gasteiger partial charge in [-0.3, -0.25) is 4.79 Å². The Morgan fingerprint density at radius 1 is 1.15 bits per heavy atom. The standard InChI is InChI=1S/C14H19N3O3/c1-9-3-2-4-10(6-5-9)17-13(18)11-7-16-12(8-15-11)14(19)20/h7-10H,2-6H2,1H3,(H,17,18)(H,19,20). The van der Waals surface area contributed by atoms with Crippen LogP contribution in [0.25, 0.3) is 0 Å². The summed E-state index contributed by atoms with van der Waals surface area (Å²) in [4.78, 5) is 30.2. The van der Waals surface area contributed by atoms with Gasteiger partial charge >= 0.3 is 5.97 Å². The summed E-state index contributed by atoms with van der Waals surface area (Å²) in [5, 5.41) is 11.7. The Labute approximate surface area is 117 Å². The summed E-state index contributed by atoms with van der Waals surface area (Å²) < 4.78 is 0. The third-order valence-electron chi connectivity index (χ3n) is 3.70. The number of carboxylic acid groups (broad SMARTS) is 1. The van der Waals surface area contributed by atoms with Crippen LogP contribution in [-0.2, 0) is 0 Å². The van der Waals surface area contributed by atoms with Crippen LogP contribution in [0, 0.1) is 5.92 Å². The van der Waals surface area contributed by atoms with E-state index >= 15 is 0 Å². The predicted octanol–water partition coefficient (Wildman–Crippen LogP) is 1.87. The quantitative estimate of drug-likeness (QED) is 0.823. The lowest BCUT2D eigenvalue weighted by Gasteiger charge is -2.15. The second-order valence-corrected chi connectivity index (χ2v) is 5.38. The van der Waals surface area contributed by atoms with Crippen molar-refractivity contribution in [1.29, 1.82) is 0 Å². The molecule has 1 aromatic rings. The van der Waals surface area contributed by atoms with E-state index in [9.17, 15) is 9.59 Å². The minimum absolute atomic E-state index is 0.160. The second-order valence-electron chi connectivity index (χ2n) is 5.38. The molecule has 0 radical (unpaired) electrons. The molecule has 2 atom stereocenters. The fourth-order valence-corrected chi connectivity index (χ4v) is 2.45. The van der Waals surface area contributed by atoms with E-state index < -0.39 is 5.97 Å². The molecular formula is C14H19N3O3. The molecule has 0 aromatic carbocycles. The van der Waals surface area contributed by atoms with Crippen LogP contribution < -0.4 is 5.32 Å². The molecular weight excluding hydrogens is 258 g/mol. The van der Waals surface area contributed by atoms with Gasteiger partial charge in [0.05, 0.1) is 12.4 Å². The molecule has 2 N–H and O–H groups in total. The number of hydrogen-bond donors (Lipinski definition) is 2. The molecule has 0 aliphatic heterocycles. The molecule has 1 amide bonds. The van der Waals surface area contributed by atoms with Gasteiger partial charge in [0, 0.05) is 6.04 Å². The minimum Gasteiger partial charge on any atom is -0.476 e. The molecule has 1 aromatic heterocycles. The fraction of sp³-hybridized carbons (Fsp3) is 0.571. The summed E-state index contributed by atoms with van der Waals surface area (Å²) in [5.74, 6) is -0.720. The number of carbonyl (C=O) groups is 2. The van der Waals surface area contributed by atoms with E-state index in [2.05, 4.69) is 22.2 Å². The highest BCUT2D eigenvalue weighted by Crippen LogP contribution is 2.22. The lowest BCUT2D eigenvalue weighted by Crippen LogP contribution is -2.35. The first-order valence-electron chi connectivity index (χ1n) is 6.92. The second kappa shape index (κ2) is 6.45. The average molecular weight is 277 g/mol. The normalized spacial score (nSPS) is 22.9. The first kappa shape index (κ1) is 14.4. The van der Waals surface area contributed by atoms with E-state index in [1.807, 2.05) is 0 Å². The minimum atomic E-state index is -1.15. The molecule has 0 bridgehead atoms. The summed E-state index contributed by atoms with van der Waals surface area (Å²) in [6.45, 7) is 2.24. The number of rotatable bonds is 3. The molecule has 2 unspecified atom stereocenters. The van der Waals surface area contributed by atoms with Crippen molar-refractivity contribution in [1.82, 2.24) is 15.3 Å². The molecule has 1 saturated carbocycles.